The second kappa shape index (κ2) is 13.8. The van der Waals surface area contributed by atoms with Crippen molar-refractivity contribution >= 4 is 11.4 Å². The van der Waals surface area contributed by atoms with Crippen molar-refractivity contribution in [3.8, 4) is 11.1 Å². The van der Waals surface area contributed by atoms with Crippen molar-refractivity contribution < 1.29 is 45.3 Å². The Labute approximate surface area is 284 Å². The van der Waals surface area contributed by atoms with Crippen molar-refractivity contribution in [1.29, 1.82) is 0 Å². The van der Waals surface area contributed by atoms with Gasteiger partial charge in [-0.3, -0.25) is 9.97 Å². The Balaban J connectivity index is 1.13. The van der Waals surface area contributed by atoms with Crippen LogP contribution >= 0.6 is 0 Å². The largest absolute Gasteiger partial charge is 0.391 e. The van der Waals surface area contributed by atoms with E-state index in [0.29, 0.717) is 49.1 Å². The van der Waals surface area contributed by atoms with Gasteiger partial charge in [0, 0.05) is 61.3 Å². The molecule has 268 valence electrons. The van der Waals surface area contributed by atoms with E-state index < -0.39 is 71.2 Å². The summed E-state index contributed by atoms with van der Waals surface area (Å²) >= 11 is 0. The molecule has 2 unspecified atom stereocenters. The molecule has 6 rings (SSSR count). The van der Waals surface area contributed by atoms with Crippen LogP contribution < -0.4 is 9.80 Å². The van der Waals surface area contributed by atoms with Crippen LogP contribution in [0.2, 0.25) is 0 Å². The van der Waals surface area contributed by atoms with Crippen molar-refractivity contribution in [3.63, 3.8) is 0 Å². The van der Waals surface area contributed by atoms with E-state index in [1.54, 1.807) is 12.1 Å². The molecule has 1 aliphatic heterocycles. The number of aliphatic hydroxyl groups excluding tert-OH is 1. The van der Waals surface area contributed by atoms with E-state index in [1.165, 1.54) is 18.5 Å². The van der Waals surface area contributed by atoms with Gasteiger partial charge in [-0.25, -0.2) is 17.9 Å². The van der Waals surface area contributed by atoms with E-state index in [0.717, 1.165) is 41.0 Å². The van der Waals surface area contributed by atoms with Crippen molar-refractivity contribution in [3.05, 3.63) is 114 Å². The summed E-state index contributed by atoms with van der Waals surface area (Å²) in [5.74, 6) is -7.66. The van der Waals surface area contributed by atoms with E-state index in [2.05, 4.69) is 25.5 Å². The van der Waals surface area contributed by atoms with E-state index in [1.807, 2.05) is 21.9 Å². The molecule has 2 atom stereocenters. The minimum absolute atomic E-state index is 0.364. The van der Waals surface area contributed by atoms with Crippen molar-refractivity contribution in [2.75, 3.05) is 36.0 Å². The second-order valence-corrected chi connectivity index (χ2v) is 11.9. The molecule has 0 spiro atoms. The van der Waals surface area contributed by atoms with Crippen molar-refractivity contribution in [2.45, 2.75) is 36.8 Å². The summed E-state index contributed by atoms with van der Waals surface area (Å²) in [7, 11) is 0. The summed E-state index contributed by atoms with van der Waals surface area (Å²) < 4.78 is 114. The normalized spacial score (nSPS) is 15.9. The summed E-state index contributed by atoms with van der Waals surface area (Å²) in [5.41, 5.74) is -3.43. The van der Waals surface area contributed by atoms with Crippen LogP contribution in [0.15, 0.2) is 79.4 Å². The minimum atomic E-state index is -4.68. The smallest absolute Gasteiger partial charge is 0.386 e. The van der Waals surface area contributed by atoms with Gasteiger partial charge in [0.2, 0.25) is 0 Å². The number of anilines is 2. The maximum atomic E-state index is 16.1. The van der Waals surface area contributed by atoms with E-state index >= 15 is 8.78 Å². The molecule has 5 aromatic rings. The maximum Gasteiger partial charge on any atom is 0.391 e. The van der Waals surface area contributed by atoms with Crippen LogP contribution in [0.25, 0.3) is 11.1 Å². The number of aromatic nitrogens is 6. The van der Waals surface area contributed by atoms with Crippen LogP contribution in [0.5, 0.6) is 0 Å². The Bertz CT molecular complexity index is 1960. The van der Waals surface area contributed by atoms with Gasteiger partial charge in [-0.2, -0.15) is 22.0 Å². The van der Waals surface area contributed by atoms with Crippen LogP contribution in [0.3, 0.4) is 0 Å². The lowest BCUT2D eigenvalue weighted by Crippen LogP contribution is -2.48. The van der Waals surface area contributed by atoms with Gasteiger partial charge in [0.25, 0.3) is 0 Å². The molecule has 2 aromatic carbocycles. The summed E-state index contributed by atoms with van der Waals surface area (Å²) in [5, 5.41) is 31.3. The minimum Gasteiger partial charge on any atom is -0.386 e. The zero-order valence-electron chi connectivity index (χ0n) is 26.3. The first-order valence-electron chi connectivity index (χ1n) is 15.4. The third-order valence-electron chi connectivity index (χ3n) is 8.57. The van der Waals surface area contributed by atoms with Crippen molar-refractivity contribution in [1.82, 2.24) is 30.2 Å². The Morgan fingerprint density at radius 2 is 1.41 bits per heavy atom. The first-order valence-corrected chi connectivity index (χ1v) is 15.4. The molecule has 18 heteroatoms. The Kier molecular flexibility index (Phi) is 9.65. The molecule has 0 amide bonds. The highest BCUT2D eigenvalue weighted by molar-refractivity contribution is 5.66. The molecule has 0 radical (unpaired) electrons. The van der Waals surface area contributed by atoms with Gasteiger partial charge < -0.3 is 20.0 Å². The number of piperazine rings is 1. The molecule has 3 aromatic heterocycles. The number of pyridine rings is 2. The number of rotatable bonds is 10. The van der Waals surface area contributed by atoms with Gasteiger partial charge in [0.1, 0.15) is 41.3 Å². The van der Waals surface area contributed by atoms with Gasteiger partial charge in [-0.05, 0) is 46.3 Å². The fourth-order valence-corrected chi connectivity index (χ4v) is 5.89. The van der Waals surface area contributed by atoms with Crippen LogP contribution in [0.1, 0.15) is 29.5 Å². The highest BCUT2D eigenvalue weighted by Crippen LogP contribution is 2.47. The van der Waals surface area contributed by atoms with E-state index in [9.17, 15) is 36.6 Å². The first kappa shape index (κ1) is 35.6. The second-order valence-electron chi connectivity index (χ2n) is 11.9. The highest BCUT2D eigenvalue weighted by atomic mass is 19.4. The Morgan fingerprint density at radius 3 is 1.98 bits per heavy atom. The number of alkyl halides is 5. The number of tetrazole rings is 1. The molecule has 0 aliphatic carbocycles. The maximum absolute atomic E-state index is 16.1. The Hall–Kier alpha value is -5.23. The summed E-state index contributed by atoms with van der Waals surface area (Å²) in [6, 6.07) is 12.4. The molecule has 2 N–H and O–H groups in total. The zero-order valence-corrected chi connectivity index (χ0v) is 26.3. The van der Waals surface area contributed by atoms with Gasteiger partial charge >= 0.3 is 12.1 Å². The summed E-state index contributed by atoms with van der Waals surface area (Å²) in [6.07, 6.45) is -5.03. The number of nitrogens with zero attached hydrogens (tertiary/aromatic N) is 8. The van der Waals surface area contributed by atoms with E-state index in [4.69, 9.17) is 0 Å². The number of halogens is 8. The fraction of sp³-hybridized carbons (Fsp3) is 0.303. The predicted molar refractivity (Wildman–Crippen MR) is 166 cm³/mol. The van der Waals surface area contributed by atoms with Gasteiger partial charge in [0.05, 0.1) is 24.8 Å². The van der Waals surface area contributed by atoms with Crippen LogP contribution in [-0.4, -0.2) is 72.7 Å². The first-order chi connectivity index (χ1) is 24.1. The molecule has 10 nitrogen and oxygen atoms in total. The molecular formula is C33H28F8N8O2. The Morgan fingerprint density at radius 1 is 0.745 bits per heavy atom. The highest BCUT2D eigenvalue weighted by Gasteiger charge is 2.58. The van der Waals surface area contributed by atoms with Gasteiger partial charge in [-0.15, -0.1) is 5.10 Å². The molecule has 1 saturated heterocycles. The van der Waals surface area contributed by atoms with Gasteiger partial charge in [0.15, 0.2) is 5.60 Å². The number of hydrogen-bond donors (Lipinski definition) is 2. The average Bonchev–Trinajstić information content (AvgIpc) is 3.60. The predicted octanol–water partition coefficient (Wildman–Crippen LogP) is 5.54. The monoisotopic (exact) mass is 720 g/mol. The van der Waals surface area contributed by atoms with E-state index in [-0.39, 0.29) is 0 Å². The summed E-state index contributed by atoms with van der Waals surface area (Å²) in [4.78, 5) is 11.5. The number of benzene rings is 2. The van der Waals surface area contributed by atoms with Crippen LogP contribution in [0.4, 0.5) is 46.5 Å². The molecular weight excluding hydrogens is 692 g/mol. The average molecular weight is 721 g/mol. The lowest BCUT2D eigenvalue weighted by atomic mass is 9.84. The lowest BCUT2D eigenvalue weighted by Gasteiger charge is -2.37. The third-order valence-corrected chi connectivity index (χ3v) is 8.57. The summed E-state index contributed by atoms with van der Waals surface area (Å²) in [6.45, 7) is 0.910. The molecule has 1 fully saturated rings. The molecule has 0 saturated carbocycles. The molecule has 4 heterocycles. The number of hydrogen-bond acceptors (Lipinski definition) is 9. The number of aliphatic hydroxyl groups is 2. The standard InChI is InChI=1S/C33H28F8N8O2/c34-22-4-7-25(26(35)13-22)31(51,18-49-19-44-45-46-49)33(40,41)29-8-3-21(16-42-29)20-1-5-23(6-2-20)47-9-11-48(12-10-47)24-14-27(36)30(43-17-24)28(50)15-32(37,38)39/h1-8,13-14,16-17,19,28,50-51H,9-12,15,18H2. The zero-order chi connectivity index (χ0) is 36.6. The van der Waals surface area contributed by atoms with Crippen molar-refractivity contribution in [2.24, 2.45) is 0 Å². The van der Waals surface area contributed by atoms with Gasteiger partial charge in [-0.1, -0.05) is 18.2 Å². The quantitative estimate of drug-likeness (QED) is 0.180. The SMILES string of the molecule is OC(CC(F)(F)F)c1ncc(N2CCN(c3ccc(-c4ccc(C(F)(F)C(O)(Cn5cnnn5)c5ccc(F)cc5F)nc4)cc3)CC2)cc1F. The fourth-order valence-electron chi connectivity index (χ4n) is 5.89. The topological polar surface area (TPSA) is 116 Å². The van der Waals surface area contributed by atoms with Crippen LogP contribution in [0, 0.1) is 17.5 Å². The molecule has 1 aliphatic rings. The van der Waals surface area contributed by atoms with Crippen LogP contribution in [-0.2, 0) is 18.1 Å². The molecule has 0 bridgehead atoms. The molecule has 51 heavy (non-hydrogen) atoms. The lowest BCUT2D eigenvalue weighted by molar-refractivity contribution is -0.207. The third kappa shape index (κ3) is 7.46.